The molecule has 148 valence electrons. The largest absolute Gasteiger partial charge is 0.491 e. The van der Waals surface area contributed by atoms with Crippen molar-refractivity contribution in [3.63, 3.8) is 0 Å². The number of carbonyl (C=O) groups is 1. The van der Waals surface area contributed by atoms with E-state index in [0.29, 0.717) is 29.2 Å². The summed E-state index contributed by atoms with van der Waals surface area (Å²) in [6.07, 6.45) is 0.501. The highest BCUT2D eigenvalue weighted by molar-refractivity contribution is 5.91. The van der Waals surface area contributed by atoms with Gasteiger partial charge in [0, 0.05) is 11.6 Å². The Hall–Kier alpha value is -3.30. The van der Waals surface area contributed by atoms with Crippen molar-refractivity contribution in [1.82, 2.24) is 4.90 Å². The maximum atomic E-state index is 12.8. The summed E-state index contributed by atoms with van der Waals surface area (Å²) in [6, 6.07) is 16.2. The number of fused-ring (bicyclic) bond motifs is 1. The molecule has 0 spiro atoms. The van der Waals surface area contributed by atoms with E-state index in [-0.39, 0.29) is 12.5 Å². The highest BCUT2D eigenvalue weighted by atomic mass is 16.5. The maximum Gasteiger partial charge on any atom is 0.251 e. The van der Waals surface area contributed by atoms with Gasteiger partial charge in [-0.15, -0.1) is 0 Å². The summed E-state index contributed by atoms with van der Waals surface area (Å²) < 4.78 is 11.8. The molecule has 29 heavy (non-hydrogen) atoms. The van der Waals surface area contributed by atoms with Gasteiger partial charge in [0.15, 0.2) is 0 Å². The smallest absolute Gasteiger partial charge is 0.251 e. The third-order valence-corrected chi connectivity index (χ3v) is 5.34. The van der Waals surface area contributed by atoms with Gasteiger partial charge in [0.2, 0.25) is 0 Å². The Morgan fingerprint density at radius 2 is 2.03 bits per heavy atom. The first kappa shape index (κ1) is 19.0. The van der Waals surface area contributed by atoms with Crippen LogP contribution in [0.25, 0.3) is 0 Å². The Labute approximate surface area is 169 Å². The number of hydrogen-bond acceptors (Lipinski definition) is 5. The zero-order chi connectivity index (χ0) is 20.6. The molecule has 4 rings (SSSR count). The topological polar surface area (TPSA) is 82.8 Å². The third kappa shape index (κ3) is 3.57. The predicted octanol–water partition coefficient (Wildman–Crippen LogP) is 3.07. The first-order chi connectivity index (χ1) is 13.9. The van der Waals surface area contributed by atoms with Crippen LogP contribution >= 0.6 is 0 Å². The normalized spacial score (nSPS) is 22.3. The fourth-order valence-corrected chi connectivity index (χ4v) is 3.76. The van der Waals surface area contributed by atoms with Crippen molar-refractivity contribution >= 4 is 5.91 Å². The summed E-state index contributed by atoms with van der Waals surface area (Å²) in [5, 5.41) is 20.3. The van der Waals surface area contributed by atoms with Crippen LogP contribution < -0.4 is 4.74 Å². The molecule has 2 aliphatic heterocycles. The van der Waals surface area contributed by atoms with E-state index >= 15 is 0 Å². The van der Waals surface area contributed by atoms with E-state index in [1.807, 2.05) is 30.3 Å². The van der Waals surface area contributed by atoms with Crippen molar-refractivity contribution < 1.29 is 19.4 Å². The van der Waals surface area contributed by atoms with Crippen LogP contribution in [0.5, 0.6) is 5.75 Å². The molecule has 0 aromatic heterocycles. The summed E-state index contributed by atoms with van der Waals surface area (Å²) in [6.45, 7) is 4.18. The SMILES string of the molecule is CC1(C)Oc2ccc(C#N)cc2[C@@H](N2CC(OCc3ccccc3)=CC2=O)[C@@H]1O. The highest BCUT2D eigenvalue weighted by Crippen LogP contribution is 2.44. The first-order valence-corrected chi connectivity index (χ1v) is 9.48. The summed E-state index contributed by atoms with van der Waals surface area (Å²) in [5.74, 6) is 0.882. The molecule has 1 amide bonds. The zero-order valence-electron chi connectivity index (χ0n) is 16.3. The molecule has 0 bridgehead atoms. The van der Waals surface area contributed by atoms with E-state index in [2.05, 4.69) is 6.07 Å². The second-order valence-corrected chi connectivity index (χ2v) is 7.81. The molecule has 0 radical (unpaired) electrons. The van der Waals surface area contributed by atoms with Crippen molar-refractivity contribution in [3.05, 3.63) is 77.1 Å². The number of aliphatic hydroxyl groups is 1. The van der Waals surface area contributed by atoms with Crippen molar-refractivity contribution in [3.8, 4) is 11.8 Å². The van der Waals surface area contributed by atoms with Gasteiger partial charge in [0.05, 0.1) is 24.2 Å². The molecule has 6 heteroatoms. The monoisotopic (exact) mass is 390 g/mol. The molecular formula is C23H22N2O4. The van der Waals surface area contributed by atoms with Crippen LogP contribution in [-0.2, 0) is 16.1 Å². The number of nitrogens with zero attached hydrogens (tertiary/aromatic N) is 2. The van der Waals surface area contributed by atoms with Crippen LogP contribution in [0.3, 0.4) is 0 Å². The predicted molar refractivity (Wildman–Crippen MR) is 106 cm³/mol. The number of carbonyl (C=O) groups excluding carboxylic acids is 1. The van der Waals surface area contributed by atoms with E-state index in [4.69, 9.17) is 9.47 Å². The minimum atomic E-state index is -0.963. The van der Waals surface area contributed by atoms with Crippen LogP contribution in [0.4, 0.5) is 0 Å². The number of ether oxygens (including phenoxy) is 2. The number of benzene rings is 2. The van der Waals surface area contributed by atoms with Crippen molar-refractivity contribution in [2.45, 2.75) is 38.2 Å². The molecular weight excluding hydrogens is 368 g/mol. The maximum absolute atomic E-state index is 12.8. The molecule has 6 nitrogen and oxygen atoms in total. The van der Waals surface area contributed by atoms with Gasteiger partial charge in [-0.2, -0.15) is 5.26 Å². The number of hydrogen-bond donors (Lipinski definition) is 1. The van der Waals surface area contributed by atoms with Crippen LogP contribution in [0.2, 0.25) is 0 Å². The average molecular weight is 390 g/mol. The lowest BCUT2D eigenvalue weighted by Gasteiger charge is -2.45. The molecule has 0 saturated carbocycles. The van der Waals surface area contributed by atoms with Gasteiger partial charge < -0.3 is 19.5 Å². The molecule has 0 fully saturated rings. The number of aliphatic hydroxyl groups excluding tert-OH is 1. The van der Waals surface area contributed by atoms with E-state index in [0.717, 1.165) is 5.56 Å². The second-order valence-electron chi connectivity index (χ2n) is 7.81. The lowest BCUT2D eigenvalue weighted by Crippen LogP contribution is -2.54. The number of nitriles is 1. The zero-order valence-corrected chi connectivity index (χ0v) is 16.3. The van der Waals surface area contributed by atoms with Crippen molar-refractivity contribution in [2.75, 3.05) is 6.54 Å². The lowest BCUT2D eigenvalue weighted by atomic mass is 9.85. The van der Waals surface area contributed by atoms with Gasteiger partial charge in [0.1, 0.15) is 29.8 Å². The third-order valence-electron chi connectivity index (χ3n) is 5.34. The second kappa shape index (κ2) is 7.26. The molecule has 2 aliphatic rings. The number of rotatable bonds is 4. The van der Waals surface area contributed by atoms with E-state index in [1.54, 1.807) is 36.9 Å². The molecule has 1 N–H and O–H groups in total. The summed E-state index contributed by atoms with van der Waals surface area (Å²) in [4.78, 5) is 14.3. The van der Waals surface area contributed by atoms with Gasteiger partial charge >= 0.3 is 0 Å². The van der Waals surface area contributed by atoms with E-state index in [1.165, 1.54) is 6.08 Å². The Bertz CT molecular complexity index is 1010. The Morgan fingerprint density at radius 1 is 1.28 bits per heavy atom. The first-order valence-electron chi connectivity index (χ1n) is 9.48. The summed E-state index contributed by atoms with van der Waals surface area (Å²) in [5.41, 5.74) is 1.20. The minimum Gasteiger partial charge on any atom is -0.491 e. The lowest BCUT2D eigenvalue weighted by molar-refractivity contribution is -0.137. The number of amides is 1. The van der Waals surface area contributed by atoms with Crippen molar-refractivity contribution in [1.29, 1.82) is 5.26 Å². The van der Waals surface area contributed by atoms with E-state index < -0.39 is 17.7 Å². The van der Waals surface area contributed by atoms with Gasteiger partial charge in [0.25, 0.3) is 5.91 Å². The van der Waals surface area contributed by atoms with Gasteiger partial charge in [-0.3, -0.25) is 4.79 Å². The van der Waals surface area contributed by atoms with Crippen molar-refractivity contribution in [2.24, 2.45) is 0 Å². The fraction of sp³-hybridized carbons (Fsp3) is 0.304. The fourth-order valence-electron chi connectivity index (χ4n) is 3.76. The van der Waals surface area contributed by atoms with E-state index in [9.17, 15) is 15.2 Å². The Morgan fingerprint density at radius 3 is 2.76 bits per heavy atom. The minimum absolute atomic E-state index is 0.233. The molecule has 0 aliphatic carbocycles. The Kier molecular flexibility index (Phi) is 4.77. The van der Waals surface area contributed by atoms with Crippen LogP contribution in [-0.4, -0.2) is 34.2 Å². The molecule has 0 unspecified atom stereocenters. The van der Waals surface area contributed by atoms with Gasteiger partial charge in [-0.1, -0.05) is 30.3 Å². The molecule has 2 aromatic carbocycles. The molecule has 2 heterocycles. The molecule has 2 aromatic rings. The van der Waals surface area contributed by atoms with Gasteiger partial charge in [-0.25, -0.2) is 0 Å². The average Bonchev–Trinajstić information content (AvgIpc) is 3.08. The quantitative estimate of drug-likeness (QED) is 0.868. The highest BCUT2D eigenvalue weighted by Gasteiger charge is 2.47. The van der Waals surface area contributed by atoms with Crippen LogP contribution in [0.1, 0.15) is 36.6 Å². The summed E-state index contributed by atoms with van der Waals surface area (Å²) >= 11 is 0. The Balaban J connectivity index is 1.59. The molecule has 2 atom stereocenters. The standard InChI is InChI=1S/C23H22N2O4/c1-23(2)22(27)21(18-10-16(12-24)8-9-19(18)29-23)25-13-17(11-20(25)26)28-14-15-6-4-3-5-7-15/h3-11,21-22,27H,13-14H2,1-2H3/t21-,22+/m1/s1. The van der Waals surface area contributed by atoms with Crippen LogP contribution in [0, 0.1) is 11.3 Å². The van der Waals surface area contributed by atoms with Crippen LogP contribution in [0.15, 0.2) is 60.4 Å². The van der Waals surface area contributed by atoms with Gasteiger partial charge in [-0.05, 0) is 37.6 Å². The molecule has 0 saturated heterocycles. The summed E-state index contributed by atoms with van der Waals surface area (Å²) in [7, 11) is 0.